The van der Waals surface area contributed by atoms with Crippen LogP contribution in [0.4, 0.5) is 0 Å². The summed E-state index contributed by atoms with van der Waals surface area (Å²) in [5.74, 6) is -4.24. The molecule has 4 N–H and O–H groups in total. The number of hydrogen-bond acceptors (Lipinski definition) is 12. The Morgan fingerprint density at radius 1 is 0.500 bits per heavy atom. The Bertz CT molecular complexity index is 4530. The van der Waals surface area contributed by atoms with E-state index < -0.39 is 23.9 Å². The van der Waals surface area contributed by atoms with Gasteiger partial charge in [0.2, 0.25) is 0 Å². The molecule has 0 amide bonds. The van der Waals surface area contributed by atoms with Gasteiger partial charge in [0, 0.05) is 55.6 Å². The molecular weight excluding hydrogens is 1190 g/mol. The van der Waals surface area contributed by atoms with E-state index in [1.807, 2.05) is 66.2 Å². The zero-order valence-electron chi connectivity index (χ0n) is 44.5. The normalized spacial score (nSPS) is 11.7. The van der Waals surface area contributed by atoms with Gasteiger partial charge in [-0.15, -0.1) is 0 Å². The Hall–Kier alpha value is -9.33. The minimum atomic E-state index is -1.39. The average molecular weight is 1230 g/mol. The maximum absolute atomic E-state index is 12.0. The first-order valence-corrected chi connectivity index (χ1v) is 26.4. The fourth-order valence-corrected chi connectivity index (χ4v) is 10.7. The molecule has 5 heterocycles. The smallest absolute Gasteiger partial charge is 0.489 e. The van der Waals surface area contributed by atoms with Crippen molar-refractivity contribution in [1.82, 2.24) is 34.9 Å². The number of carboxylic acids is 4. The van der Waals surface area contributed by atoms with Crippen molar-refractivity contribution in [2.45, 2.75) is 39.4 Å². The third kappa shape index (κ3) is 10.4. The van der Waals surface area contributed by atoms with Crippen LogP contribution in [0.3, 0.4) is 0 Å². The van der Waals surface area contributed by atoms with Gasteiger partial charge in [0.25, 0.3) is 0 Å². The summed E-state index contributed by atoms with van der Waals surface area (Å²) in [7, 11) is 1.83. The minimum absolute atomic E-state index is 0. The van der Waals surface area contributed by atoms with Gasteiger partial charge in [-0.3, -0.25) is 4.57 Å². The third-order valence-corrected chi connectivity index (χ3v) is 15.1. The number of hydrogen-bond donors (Lipinski definition) is 4. The largest absolute Gasteiger partial charge is 2.00 e. The third-order valence-electron chi connectivity index (χ3n) is 13.9. The second kappa shape index (κ2) is 21.8. The molecule has 0 unspecified atom stereocenters. The van der Waals surface area contributed by atoms with Crippen LogP contribution in [-0.4, -0.2) is 69.2 Å². The van der Waals surface area contributed by atoms with Gasteiger partial charge in [0.05, 0.1) is 51.0 Å². The summed E-state index contributed by atoms with van der Waals surface area (Å²) >= 11 is 22.1. The van der Waals surface area contributed by atoms with Gasteiger partial charge in [0.1, 0.15) is 47.1 Å². The van der Waals surface area contributed by atoms with Crippen molar-refractivity contribution in [1.29, 1.82) is 0 Å². The van der Waals surface area contributed by atoms with Crippen molar-refractivity contribution >= 4 is 103 Å². The molecule has 412 valence electrons. The van der Waals surface area contributed by atoms with Crippen LogP contribution in [0.15, 0.2) is 121 Å². The van der Waals surface area contributed by atoms with Crippen molar-refractivity contribution in [3.8, 4) is 68.5 Å². The summed E-state index contributed by atoms with van der Waals surface area (Å²) < 4.78 is 20.4. The number of aromatic carboxylic acids is 4. The number of fused-ring (bicyclic) bond motifs is 20. The molecule has 23 heteroatoms. The molecule has 12 rings (SSSR count). The molecule has 0 saturated heterocycles. The van der Waals surface area contributed by atoms with Crippen LogP contribution < -0.4 is 28.7 Å². The number of rotatable bonds is 12. The molecule has 7 aromatic carbocycles. The summed E-state index contributed by atoms with van der Waals surface area (Å²) in [5, 5.41) is 40.6. The van der Waals surface area contributed by atoms with Crippen LogP contribution in [0.2, 0.25) is 15.1 Å². The predicted octanol–water partition coefficient (Wildman–Crippen LogP) is 12.6. The van der Waals surface area contributed by atoms with Gasteiger partial charge < -0.3 is 64.5 Å². The molecule has 0 atom stereocenters. The molecular formula is C61H40Cl3N8O11Zn+. The molecule has 3 aromatic heterocycles. The minimum Gasteiger partial charge on any atom is -0.489 e. The fraction of sp³-hybridized carbons (Fsp3) is 0.115. The first-order valence-electron chi connectivity index (χ1n) is 25.2. The molecule has 2 aliphatic heterocycles. The Morgan fingerprint density at radius 2 is 0.940 bits per heavy atom. The van der Waals surface area contributed by atoms with Crippen LogP contribution in [0.1, 0.15) is 78.9 Å². The van der Waals surface area contributed by atoms with E-state index in [1.54, 1.807) is 6.07 Å². The van der Waals surface area contributed by atoms with Gasteiger partial charge in [-0.1, -0.05) is 116 Å². The van der Waals surface area contributed by atoms with Crippen molar-refractivity contribution in [2.24, 2.45) is 7.05 Å². The standard InChI is InChI=1S/C61H41Cl3N8O11.Zn/c1-61(2,3)33-13-14-39-42(24-33)52-67-51(39)66-49-37-9-5-6-10-38(37)50(65-49)68-53-43-44(54(69-53)71-56-41-12-8-7-11-40(41)55(70-52)72(56)4)46(63)48(47(64)45(43)62)83-36-16-27(25-81-34-20-29(57(73)74)18-30(21-34)58(75)76)15-28(17-36)26-82-35-22-31(59(77)78)19-32(23-35)60(79)80;/h5-24H,25-26H2,1-4H3,(H5,65,66,67,68,69,70,71,73,74,75,76,77,78,79,80);/q;+2/p-1. The van der Waals surface area contributed by atoms with Gasteiger partial charge in [-0.25, -0.2) is 24.2 Å². The predicted molar refractivity (Wildman–Crippen MR) is 307 cm³/mol. The number of halogens is 3. The maximum atomic E-state index is 12.0. The summed E-state index contributed by atoms with van der Waals surface area (Å²) in [6.07, 6.45) is 0. The molecule has 0 spiro atoms. The van der Waals surface area contributed by atoms with E-state index >= 15 is 0 Å². The zero-order valence-corrected chi connectivity index (χ0v) is 49.8. The van der Waals surface area contributed by atoms with Crippen LogP contribution >= 0.6 is 34.8 Å². The number of nitrogens with zero attached hydrogens (tertiary/aromatic N) is 8. The number of ether oxygens (including phenoxy) is 3. The second-order valence-electron chi connectivity index (χ2n) is 20.4. The van der Waals surface area contributed by atoms with Crippen molar-refractivity contribution in [2.75, 3.05) is 0 Å². The van der Waals surface area contributed by atoms with Crippen molar-refractivity contribution in [3.05, 3.63) is 175 Å². The molecule has 0 radical (unpaired) electrons. The van der Waals surface area contributed by atoms with Crippen LogP contribution in [0, 0.1) is 0 Å². The van der Waals surface area contributed by atoms with Gasteiger partial charge in [0.15, 0.2) is 5.75 Å². The maximum Gasteiger partial charge on any atom is 2.00 e. The second-order valence-corrected chi connectivity index (χ2v) is 21.6. The van der Waals surface area contributed by atoms with E-state index in [-0.39, 0.29) is 126 Å². The van der Waals surface area contributed by atoms with E-state index in [0.29, 0.717) is 56.6 Å². The Balaban J connectivity index is 0.00000736. The van der Waals surface area contributed by atoms with E-state index in [2.05, 4.69) is 32.9 Å². The van der Waals surface area contributed by atoms with Crippen molar-refractivity contribution < 1.29 is 77.9 Å². The van der Waals surface area contributed by atoms with Crippen LogP contribution in [0.25, 0.3) is 89.7 Å². The van der Waals surface area contributed by atoms with E-state index in [1.165, 1.54) is 12.1 Å². The van der Waals surface area contributed by atoms with Crippen molar-refractivity contribution in [3.63, 3.8) is 0 Å². The van der Waals surface area contributed by atoms with Crippen LogP contribution in [-0.2, 0) is 45.2 Å². The monoisotopic (exact) mass is 1230 g/mol. The molecule has 8 bridgehead atoms. The summed E-state index contributed by atoms with van der Waals surface area (Å²) in [4.78, 5) is 83.6. The van der Waals surface area contributed by atoms with E-state index in [9.17, 15) is 39.6 Å². The Kier molecular flexibility index (Phi) is 14.7. The Labute approximate surface area is 502 Å². The first kappa shape index (κ1) is 56.5. The summed E-state index contributed by atoms with van der Waals surface area (Å²) in [6, 6.07) is 32.6. The molecule has 0 aliphatic carbocycles. The summed E-state index contributed by atoms with van der Waals surface area (Å²) in [6.45, 7) is 5.81. The molecule has 10 aromatic rings. The number of carboxylic acid groups (broad SMARTS) is 4. The summed E-state index contributed by atoms with van der Waals surface area (Å²) in [5.41, 5.74) is 4.01. The topological polar surface area (TPSA) is 273 Å². The van der Waals surface area contributed by atoms with Gasteiger partial charge >= 0.3 is 43.4 Å². The molecule has 84 heavy (non-hydrogen) atoms. The number of carbonyl (C=O) groups is 4. The molecule has 19 nitrogen and oxygen atoms in total. The Morgan fingerprint density at radius 3 is 1.44 bits per heavy atom. The number of benzene rings is 7. The average Bonchev–Trinajstić information content (AvgIpc) is 2.07. The SMILES string of the molecule is C[n+]1c2nc3[n-]c(nc4nc(nc5[n-]c(nc1-c1ccccc1-2)c1c(Cl)c(Oc2cc(COc6cc(C(=O)O)cc(C(=O)O)c6)cc(COc6cc(C(=O)O)cc(C(=O)O)c6)c2)c(Cl)c(Cl)c51)-c1ccccc1-4)c1ccc(C(C)(C)C)cc31.[Zn+2]. The zero-order chi connectivity index (χ0) is 58.3. The van der Waals surface area contributed by atoms with Gasteiger partial charge in [-0.2, -0.15) is 0 Å². The van der Waals surface area contributed by atoms with E-state index in [0.717, 1.165) is 58.3 Å². The molecule has 0 fully saturated rings. The first-order chi connectivity index (χ1) is 39.7. The molecule has 2 aliphatic rings. The number of aromatic nitrogens is 8. The molecule has 0 saturated carbocycles. The quantitative estimate of drug-likeness (QED) is 0.0503. The van der Waals surface area contributed by atoms with Gasteiger partial charge in [-0.05, 0) is 93.5 Å². The van der Waals surface area contributed by atoms with Crippen LogP contribution in [0.5, 0.6) is 23.0 Å². The fourth-order valence-electron chi connectivity index (χ4n) is 9.84. The van der Waals surface area contributed by atoms with E-state index in [4.69, 9.17) is 83.9 Å².